The van der Waals surface area contributed by atoms with Gasteiger partial charge < -0.3 is 9.84 Å². The third kappa shape index (κ3) is 2.59. The molecule has 19 heavy (non-hydrogen) atoms. The minimum Gasteiger partial charge on any atom is -0.492 e. The van der Waals surface area contributed by atoms with Gasteiger partial charge in [0.25, 0.3) is 5.56 Å². The molecule has 0 saturated carbocycles. The van der Waals surface area contributed by atoms with Crippen LogP contribution in [0.4, 0.5) is 0 Å². The van der Waals surface area contributed by atoms with Crippen molar-refractivity contribution in [1.29, 1.82) is 0 Å². The van der Waals surface area contributed by atoms with E-state index in [-0.39, 0.29) is 29.9 Å². The Morgan fingerprint density at radius 3 is 2.74 bits per heavy atom. The van der Waals surface area contributed by atoms with Crippen LogP contribution in [0, 0.1) is 0 Å². The summed E-state index contributed by atoms with van der Waals surface area (Å²) in [5.74, 6) is -1.14. The highest BCUT2D eigenvalue weighted by atomic mass is 16.5. The number of fused-ring (bicyclic) bond motifs is 1. The fraction of sp³-hybridized carbons (Fsp3) is 0.300. The van der Waals surface area contributed by atoms with Gasteiger partial charge in [-0.3, -0.25) is 19.6 Å². The van der Waals surface area contributed by atoms with Crippen LogP contribution in [0.3, 0.4) is 0 Å². The Balaban J connectivity index is 2.52. The fourth-order valence-electron chi connectivity index (χ4n) is 1.48. The van der Waals surface area contributed by atoms with Crippen molar-refractivity contribution in [3.63, 3.8) is 0 Å². The molecule has 0 radical (unpaired) electrons. The molecule has 2 aromatic rings. The van der Waals surface area contributed by atoms with Gasteiger partial charge in [-0.2, -0.15) is 4.98 Å². The molecule has 2 rings (SSSR count). The first kappa shape index (κ1) is 12.7. The monoisotopic (exact) mass is 266 g/mol. The van der Waals surface area contributed by atoms with Crippen molar-refractivity contribution in [1.82, 2.24) is 19.9 Å². The first-order valence-corrected chi connectivity index (χ1v) is 5.39. The zero-order valence-corrected chi connectivity index (χ0v) is 9.89. The summed E-state index contributed by atoms with van der Waals surface area (Å²) in [6.45, 7) is 1.83. The van der Waals surface area contributed by atoms with Gasteiger partial charge in [0, 0.05) is 0 Å². The molecule has 0 aromatic carbocycles. The average molecular weight is 266 g/mol. The second kappa shape index (κ2) is 4.88. The van der Waals surface area contributed by atoms with Gasteiger partial charge in [0.1, 0.15) is 5.69 Å². The number of hydrogen-bond donors (Lipinski definition) is 3. The van der Waals surface area contributed by atoms with E-state index < -0.39 is 23.1 Å². The number of ether oxygens (including phenoxy) is 1. The Labute approximate surface area is 105 Å². The SMILES string of the molecule is CCOC(=O)Cc1nc2c(=O)[nH]c(=O)[nH]c2nc1O. The Morgan fingerprint density at radius 1 is 1.32 bits per heavy atom. The molecule has 3 N–H and O–H groups in total. The predicted octanol–water partition coefficient (Wildman–Crippen LogP) is -1.18. The lowest BCUT2D eigenvalue weighted by Crippen LogP contribution is -2.24. The van der Waals surface area contributed by atoms with E-state index in [0.29, 0.717) is 0 Å². The highest BCUT2D eigenvalue weighted by Crippen LogP contribution is 2.14. The van der Waals surface area contributed by atoms with E-state index in [1.165, 1.54) is 0 Å². The molecule has 100 valence electrons. The second-order valence-electron chi connectivity index (χ2n) is 3.58. The number of rotatable bonds is 3. The molecule has 9 nitrogen and oxygen atoms in total. The summed E-state index contributed by atoms with van der Waals surface area (Å²) in [4.78, 5) is 45.4. The maximum atomic E-state index is 11.5. The van der Waals surface area contributed by atoms with Crippen LogP contribution >= 0.6 is 0 Å². The average Bonchev–Trinajstić information content (AvgIpc) is 2.31. The Morgan fingerprint density at radius 2 is 2.05 bits per heavy atom. The number of aromatic hydroxyl groups is 1. The Kier molecular flexibility index (Phi) is 3.27. The van der Waals surface area contributed by atoms with Gasteiger partial charge in [0.05, 0.1) is 13.0 Å². The summed E-state index contributed by atoms with van der Waals surface area (Å²) < 4.78 is 4.70. The summed E-state index contributed by atoms with van der Waals surface area (Å²) in [6.07, 6.45) is -0.318. The highest BCUT2D eigenvalue weighted by molar-refractivity contribution is 5.75. The molecule has 0 aliphatic rings. The van der Waals surface area contributed by atoms with Crippen LogP contribution in [0.2, 0.25) is 0 Å². The fourth-order valence-corrected chi connectivity index (χ4v) is 1.48. The molecule has 0 bridgehead atoms. The van der Waals surface area contributed by atoms with Crippen LogP contribution in [0.15, 0.2) is 9.59 Å². The highest BCUT2D eigenvalue weighted by Gasteiger charge is 2.15. The van der Waals surface area contributed by atoms with Crippen LogP contribution < -0.4 is 11.2 Å². The first-order chi connectivity index (χ1) is 9.01. The van der Waals surface area contributed by atoms with E-state index in [9.17, 15) is 19.5 Å². The second-order valence-corrected chi connectivity index (χ2v) is 3.58. The number of carbonyl (C=O) groups is 1. The van der Waals surface area contributed by atoms with Gasteiger partial charge in [-0.05, 0) is 6.92 Å². The van der Waals surface area contributed by atoms with E-state index in [0.717, 1.165) is 0 Å². The zero-order valence-electron chi connectivity index (χ0n) is 9.89. The molecule has 0 aliphatic carbocycles. The summed E-state index contributed by atoms with van der Waals surface area (Å²) in [5, 5.41) is 9.59. The van der Waals surface area contributed by atoms with Crippen molar-refractivity contribution in [2.45, 2.75) is 13.3 Å². The number of hydrogen-bond acceptors (Lipinski definition) is 7. The van der Waals surface area contributed by atoms with Crippen molar-refractivity contribution in [2.75, 3.05) is 6.61 Å². The normalized spacial score (nSPS) is 10.6. The molecule has 0 unspecified atom stereocenters. The Bertz CT molecular complexity index is 748. The van der Waals surface area contributed by atoms with Crippen LogP contribution in [0.25, 0.3) is 11.2 Å². The summed E-state index contributed by atoms with van der Waals surface area (Å²) >= 11 is 0. The number of H-pyrrole nitrogens is 2. The van der Waals surface area contributed by atoms with Gasteiger partial charge in [-0.1, -0.05) is 0 Å². The molecular formula is C10H10N4O5. The van der Waals surface area contributed by atoms with Crippen molar-refractivity contribution in [2.24, 2.45) is 0 Å². The van der Waals surface area contributed by atoms with Gasteiger partial charge in [-0.25, -0.2) is 9.78 Å². The summed E-state index contributed by atoms with van der Waals surface area (Å²) in [5.41, 5.74) is -1.93. The van der Waals surface area contributed by atoms with Crippen LogP contribution in [-0.2, 0) is 16.0 Å². The molecule has 0 atom stereocenters. The molecule has 0 aliphatic heterocycles. The molecule has 0 spiro atoms. The standard InChI is InChI=1S/C10H10N4O5/c1-2-19-5(15)3-4-8(16)12-7-6(11-4)9(17)14-10(18)13-7/h2-3H2,1H3,(H3,12,13,14,16,17,18). The minimum atomic E-state index is -0.760. The summed E-state index contributed by atoms with van der Waals surface area (Å²) in [6, 6.07) is 0. The van der Waals surface area contributed by atoms with Crippen molar-refractivity contribution in [3.05, 3.63) is 26.5 Å². The Hall–Kier alpha value is -2.71. The molecule has 9 heteroatoms. The van der Waals surface area contributed by atoms with Crippen LogP contribution in [0.1, 0.15) is 12.6 Å². The maximum absolute atomic E-state index is 11.5. The lowest BCUT2D eigenvalue weighted by Gasteiger charge is -2.04. The molecule has 2 aromatic heterocycles. The first-order valence-electron chi connectivity index (χ1n) is 5.39. The number of aromatic nitrogens is 4. The predicted molar refractivity (Wildman–Crippen MR) is 62.8 cm³/mol. The van der Waals surface area contributed by atoms with E-state index in [1.807, 2.05) is 4.98 Å². The number of aromatic amines is 2. The lowest BCUT2D eigenvalue weighted by atomic mass is 10.3. The maximum Gasteiger partial charge on any atom is 0.327 e. The largest absolute Gasteiger partial charge is 0.492 e. The molecule has 2 heterocycles. The molecule has 0 saturated heterocycles. The van der Waals surface area contributed by atoms with Crippen molar-refractivity contribution >= 4 is 17.1 Å². The quantitative estimate of drug-likeness (QED) is 0.594. The van der Waals surface area contributed by atoms with E-state index in [1.54, 1.807) is 6.92 Å². The molecule has 0 fully saturated rings. The van der Waals surface area contributed by atoms with Crippen molar-refractivity contribution < 1.29 is 14.6 Å². The van der Waals surface area contributed by atoms with Crippen LogP contribution in [-0.4, -0.2) is 37.6 Å². The topological polar surface area (TPSA) is 138 Å². The molecular weight excluding hydrogens is 256 g/mol. The van der Waals surface area contributed by atoms with Gasteiger partial charge >= 0.3 is 11.7 Å². The van der Waals surface area contributed by atoms with E-state index in [2.05, 4.69) is 15.0 Å². The van der Waals surface area contributed by atoms with Gasteiger partial charge in [-0.15, -0.1) is 0 Å². The number of nitrogens with one attached hydrogen (secondary N) is 2. The van der Waals surface area contributed by atoms with Gasteiger partial charge in [0.15, 0.2) is 11.2 Å². The van der Waals surface area contributed by atoms with E-state index >= 15 is 0 Å². The third-order valence-corrected chi connectivity index (χ3v) is 2.24. The number of nitrogens with zero attached hydrogens (tertiary/aromatic N) is 2. The number of carbonyl (C=O) groups excluding carboxylic acids is 1. The van der Waals surface area contributed by atoms with E-state index in [4.69, 9.17) is 4.74 Å². The van der Waals surface area contributed by atoms with Crippen LogP contribution in [0.5, 0.6) is 5.88 Å². The number of esters is 1. The molecule has 0 amide bonds. The van der Waals surface area contributed by atoms with Gasteiger partial charge in [0.2, 0.25) is 5.88 Å². The lowest BCUT2D eigenvalue weighted by molar-refractivity contribution is -0.142. The van der Waals surface area contributed by atoms with Crippen molar-refractivity contribution in [3.8, 4) is 5.88 Å². The zero-order chi connectivity index (χ0) is 14.0. The summed E-state index contributed by atoms with van der Waals surface area (Å²) in [7, 11) is 0. The smallest absolute Gasteiger partial charge is 0.327 e. The third-order valence-electron chi connectivity index (χ3n) is 2.24. The minimum absolute atomic E-state index is 0.0940.